The van der Waals surface area contributed by atoms with Crippen LogP contribution in [0.1, 0.15) is 25.8 Å². The average Bonchev–Trinajstić information content (AvgIpc) is 2.58. The van der Waals surface area contributed by atoms with Crippen molar-refractivity contribution in [3.05, 3.63) is 35.9 Å². The van der Waals surface area contributed by atoms with Crippen LogP contribution in [0.4, 0.5) is 0 Å². The first-order chi connectivity index (χ1) is 11.4. The Bertz CT molecular complexity index is 521. The van der Waals surface area contributed by atoms with Gasteiger partial charge in [-0.25, -0.2) is 0 Å². The molecule has 0 bridgehead atoms. The fraction of sp³-hybridized carbons (Fsp3) is 0.611. The number of hydrogen-bond acceptors (Lipinski definition) is 5. The summed E-state index contributed by atoms with van der Waals surface area (Å²) in [4.78, 5) is 12.2. The predicted molar refractivity (Wildman–Crippen MR) is 89.3 cm³/mol. The van der Waals surface area contributed by atoms with E-state index >= 15 is 0 Å². The highest BCUT2D eigenvalue weighted by Gasteiger charge is 2.45. The fourth-order valence-corrected chi connectivity index (χ4v) is 3.04. The summed E-state index contributed by atoms with van der Waals surface area (Å²) < 4.78 is 5.68. The average molecular weight is 337 g/mol. The van der Waals surface area contributed by atoms with Crippen molar-refractivity contribution in [1.29, 1.82) is 0 Å². The highest BCUT2D eigenvalue weighted by atomic mass is 16.5. The number of benzene rings is 1. The molecule has 1 aliphatic heterocycles. The summed E-state index contributed by atoms with van der Waals surface area (Å²) in [5.74, 6) is -0.188. The van der Waals surface area contributed by atoms with Crippen molar-refractivity contribution >= 4 is 5.91 Å². The van der Waals surface area contributed by atoms with Crippen LogP contribution in [0.5, 0.6) is 0 Å². The van der Waals surface area contributed by atoms with Gasteiger partial charge in [-0.2, -0.15) is 0 Å². The van der Waals surface area contributed by atoms with Gasteiger partial charge in [0.2, 0.25) is 5.91 Å². The van der Waals surface area contributed by atoms with Crippen molar-refractivity contribution in [2.75, 3.05) is 6.61 Å². The molecule has 6 nitrogen and oxygen atoms in total. The molecule has 1 heterocycles. The van der Waals surface area contributed by atoms with E-state index in [0.29, 0.717) is 6.42 Å². The van der Waals surface area contributed by atoms with Gasteiger partial charge in [0.15, 0.2) is 0 Å². The Morgan fingerprint density at radius 2 is 1.88 bits per heavy atom. The predicted octanol–water partition coefficient (Wildman–Crippen LogP) is 0.241. The molecule has 4 N–H and O–H groups in total. The Labute approximate surface area is 142 Å². The van der Waals surface area contributed by atoms with Gasteiger partial charge in [0.05, 0.1) is 18.8 Å². The number of ether oxygens (including phenoxy) is 1. The summed E-state index contributed by atoms with van der Waals surface area (Å²) >= 11 is 0. The number of hydrogen-bond donors (Lipinski definition) is 4. The van der Waals surface area contributed by atoms with Crippen molar-refractivity contribution in [2.45, 2.75) is 57.1 Å². The zero-order valence-corrected chi connectivity index (χ0v) is 14.1. The summed E-state index contributed by atoms with van der Waals surface area (Å²) in [5.41, 5.74) is 1.06. The third-order valence-corrected chi connectivity index (χ3v) is 4.43. The van der Waals surface area contributed by atoms with Crippen molar-refractivity contribution < 1.29 is 24.9 Å². The lowest BCUT2D eigenvalue weighted by Gasteiger charge is -2.44. The molecule has 1 aliphatic rings. The third-order valence-electron chi connectivity index (χ3n) is 4.43. The largest absolute Gasteiger partial charge is 0.394 e. The molecule has 1 amide bonds. The number of aliphatic hydroxyl groups is 3. The molecule has 0 aromatic heterocycles. The van der Waals surface area contributed by atoms with Crippen LogP contribution in [0.15, 0.2) is 30.3 Å². The maximum absolute atomic E-state index is 12.2. The third kappa shape index (κ3) is 4.54. The van der Waals surface area contributed by atoms with Crippen molar-refractivity contribution in [3.8, 4) is 0 Å². The monoisotopic (exact) mass is 337 g/mol. The normalized spacial score (nSPS) is 30.3. The van der Waals surface area contributed by atoms with E-state index in [1.54, 1.807) is 0 Å². The van der Waals surface area contributed by atoms with E-state index < -0.39 is 30.5 Å². The molecule has 1 aromatic carbocycles. The summed E-state index contributed by atoms with van der Waals surface area (Å²) in [5, 5.41) is 32.4. The summed E-state index contributed by atoms with van der Waals surface area (Å²) in [7, 11) is 0. The van der Waals surface area contributed by atoms with Crippen molar-refractivity contribution in [1.82, 2.24) is 5.32 Å². The van der Waals surface area contributed by atoms with Crippen molar-refractivity contribution in [3.63, 3.8) is 0 Å². The second-order valence-corrected chi connectivity index (χ2v) is 6.63. The van der Waals surface area contributed by atoms with E-state index in [-0.39, 0.29) is 24.9 Å². The maximum atomic E-state index is 12.2. The number of aryl methyl sites for hydroxylation is 1. The molecule has 0 aliphatic carbocycles. The molecular formula is C18H27NO5. The smallest absolute Gasteiger partial charge is 0.220 e. The molecule has 134 valence electrons. The zero-order valence-electron chi connectivity index (χ0n) is 14.1. The molecule has 1 aromatic rings. The molecule has 2 rings (SSSR count). The number of rotatable bonds is 6. The number of carbonyl (C=O) groups excluding carboxylic acids is 1. The van der Waals surface area contributed by atoms with Gasteiger partial charge in [0.1, 0.15) is 18.3 Å². The molecule has 2 unspecified atom stereocenters. The van der Waals surface area contributed by atoms with E-state index in [1.165, 1.54) is 0 Å². The second kappa shape index (κ2) is 8.58. The SMILES string of the molecule is CC(C)[C@@H]1OC(CO)[C@@H](O)[C@H](O)C1NC(=O)CCc1ccccc1. The Hall–Kier alpha value is -1.47. The van der Waals surface area contributed by atoms with E-state index in [9.17, 15) is 20.1 Å². The molecule has 0 spiro atoms. The van der Waals surface area contributed by atoms with Gasteiger partial charge in [-0.3, -0.25) is 4.79 Å². The zero-order chi connectivity index (χ0) is 17.7. The first-order valence-electron chi connectivity index (χ1n) is 8.39. The van der Waals surface area contributed by atoms with Crippen LogP contribution in [0.3, 0.4) is 0 Å². The number of aliphatic hydroxyl groups excluding tert-OH is 3. The van der Waals surface area contributed by atoms with E-state index in [1.807, 2.05) is 44.2 Å². The lowest BCUT2D eigenvalue weighted by Crippen LogP contribution is -2.65. The molecule has 6 heteroatoms. The summed E-state index contributed by atoms with van der Waals surface area (Å²) in [6.07, 6.45) is -2.83. The van der Waals surface area contributed by atoms with Gasteiger partial charge in [0, 0.05) is 6.42 Å². The van der Waals surface area contributed by atoms with Gasteiger partial charge >= 0.3 is 0 Å². The highest BCUT2D eigenvalue weighted by Crippen LogP contribution is 2.26. The fourth-order valence-electron chi connectivity index (χ4n) is 3.04. The maximum Gasteiger partial charge on any atom is 0.220 e. The summed E-state index contributed by atoms with van der Waals surface area (Å²) in [6, 6.07) is 8.98. The van der Waals surface area contributed by atoms with Gasteiger partial charge in [-0.1, -0.05) is 44.2 Å². The van der Waals surface area contributed by atoms with E-state index in [4.69, 9.17) is 4.74 Å². The molecule has 0 saturated carbocycles. The topological polar surface area (TPSA) is 99.0 Å². The molecule has 1 saturated heterocycles. The minimum atomic E-state index is -1.23. The van der Waals surface area contributed by atoms with Gasteiger partial charge in [-0.05, 0) is 17.9 Å². The van der Waals surface area contributed by atoms with E-state index in [0.717, 1.165) is 5.56 Å². The van der Waals surface area contributed by atoms with Gasteiger partial charge < -0.3 is 25.4 Å². The second-order valence-electron chi connectivity index (χ2n) is 6.63. The Morgan fingerprint density at radius 3 is 2.46 bits per heavy atom. The lowest BCUT2D eigenvalue weighted by atomic mass is 9.87. The first-order valence-corrected chi connectivity index (χ1v) is 8.39. The van der Waals surface area contributed by atoms with Crippen LogP contribution in [-0.2, 0) is 16.0 Å². The standard InChI is InChI=1S/C18H27NO5/c1-11(2)18-15(17(23)16(22)13(10-20)24-18)19-14(21)9-8-12-6-4-3-5-7-12/h3-7,11,13,15-18,20,22-23H,8-10H2,1-2H3,(H,19,21)/t13?,15?,16-,17-,18+/m1/s1. The molecule has 1 fully saturated rings. The molecule has 0 radical (unpaired) electrons. The van der Waals surface area contributed by atoms with Crippen molar-refractivity contribution in [2.24, 2.45) is 5.92 Å². The van der Waals surface area contributed by atoms with Crippen LogP contribution in [0.2, 0.25) is 0 Å². The van der Waals surface area contributed by atoms with Crippen LogP contribution in [-0.4, -0.2) is 58.3 Å². The number of amides is 1. The van der Waals surface area contributed by atoms with Gasteiger partial charge in [-0.15, -0.1) is 0 Å². The van der Waals surface area contributed by atoms with Crippen LogP contribution < -0.4 is 5.32 Å². The quantitative estimate of drug-likeness (QED) is 0.596. The van der Waals surface area contributed by atoms with E-state index in [2.05, 4.69) is 5.32 Å². The lowest BCUT2D eigenvalue weighted by molar-refractivity contribution is -0.204. The Balaban J connectivity index is 1.98. The number of carbonyl (C=O) groups is 1. The first kappa shape index (κ1) is 18.9. The minimum Gasteiger partial charge on any atom is -0.394 e. The molecular weight excluding hydrogens is 310 g/mol. The Kier molecular flexibility index (Phi) is 6.74. The Morgan fingerprint density at radius 1 is 1.21 bits per heavy atom. The number of nitrogens with one attached hydrogen (secondary N) is 1. The summed E-state index contributed by atoms with van der Waals surface area (Å²) in [6.45, 7) is 3.44. The van der Waals surface area contributed by atoms with Crippen LogP contribution in [0, 0.1) is 5.92 Å². The van der Waals surface area contributed by atoms with Crippen LogP contribution in [0.25, 0.3) is 0 Å². The minimum absolute atomic E-state index is 0.0145. The highest BCUT2D eigenvalue weighted by molar-refractivity contribution is 5.76. The molecule has 5 atom stereocenters. The molecule has 24 heavy (non-hydrogen) atoms. The van der Waals surface area contributed by atoms with Gasteiger partial charge in [0.25, 0.3) is 0 Å². The van der Waals surface area contributed by atoms with Crippen LogP contribution >= 0.6 is 0 Å².